The minimum atomic E-state index is 0.174. The Morgan fingerprint density at radius 1 is 1.28 bits per heavy atom. The van der Waals surface area contributed by atoms with Crippen LogP contribution in [-0.4, -0.2) is 18.3 Å². The van der Waals surface area contributed by atoms with Gasteiger partial charge in [-0.2, -0.15) is 0 Å². The number of halogens is 2. The van der Waals surface area contributed by atoms with E-state index in [-0.39, 0.29) is 12.0 Å². The fourth-order valence-corrected chi connectivity index (χ4v) is 2.25. The van der Waals surface area contributed by atoms with Crippen molar-refractivity contribution in [1.82, 2.24) is 5.32 Å². The molecule has 1 rings (SSSR count). The molecule has 0 radical (unpaired) electrons. The van der Waals surface area contributed by atoms with Gasteiger partial charge in [0.15, 0.2) is 0 Å². The van der Waals surface area contributed by atoms with Gasteiger partial charge in [-0.1, -0.05) is 49.2 Å². The minimum absolute atomic E-state index is 0.174. The zero-order valence-electron chi connectivity index (χ0n) is 11.0. The Balaban J connectivity index is 2.44. The molecule has 0 saturated heterocycles. The maximum absolute atomic E-state index is 8.85. The topological polar surface area (TPSA) is 32.3 Å². The molecule has 4 heteroatoms. The molecule has 18 heavy (non-hydrogen) atoms. The Morgan fingerprint density at radius 3 is 2.67 bits per heavy atom. The van der Waals surface area contributed by atoms with Gasteiger partial charge < -0.3 is 10.4 Å². The molecule has 0 heterocycles. The molecule has 2 N–H and O–H groups in total. The van der Waals surface area contributed by atoms with Gasteiger partial charge in [0.25, 0.3) is 0 Å². The SMILES string of the molecule is CC(C)(CCCO)CNCc1cccc(Cl)c1Cl. The van der Waals surface area contributed by atoms with Crippen LogP contribution >= 0.6 is 23.2 Å². The van der Waals surface area contributed by atoms with Crippen LogP contribution < -0.4 is 5.32 Å². The van der Waals surface area contributed by atoms with E-state index in [1.807, 2.05) is 12.1 Å². The fraction of sp³-hybridized carbons (Fsp3) is 0.571. The summed E-state index contributed by atoms with van der Waals surface area (Å²) in [5.74, 6) is 0. The third-order valence-electron chi connectivity index (χ3n) is 2.96. The van der Waals surface area contributed by atoms with E-state index in [2.05, 4.69) is 19.2 Å². The minimum Gasteiger partial charge on any atom is -0.396 e. The fourth-order valence-electron chi connectivity index (χ4n) is 1.87. The van der Waals surface area contributed by atoms with E-state index in [9.17, 15) is 0 Å². The van der Waals surface area contributed by atoms with Gasteiger partial charge in [0.2, 0.25) is 0 Å². The monoisotopic (exact) mass is 289 g/mol. The van der Waals surface area contributed by atoms with Gasteiger partial charge in [-0.3, -0.25) is 0 Å². The zero-order valence-corrected chi connectivity index (χ0v) is 12.5. The summed E-state index contributed by atoms with van der Waals surface area (Å²) >= 11 is 12.1. The Kier molecular flexibility index (Phi) is 6.44. The predicted molar refractivity (Wildman–Crippen MR) is 78.3 cm³/mol. The maximum atomic E-state index is 8.85. The van der Waals surface area contributed by atoms with Crippen LogP contribution in [0.4, 0.5) is 0 Å². The summed E-state index contributed by atoms with van der Waals surface area (Å²) in [4.78, 5) is 0. The van der Waals surface area contributed by atoms with Gasteiger partial charge in [-0.05, 0) is 29.9 Å². The van der Waals surface area contributed by atoms with Gasteiger partial charge >= 0.3 is 0 Å². The van der Waals surface area contributed by atoms with Crippen molar-refractivity contribution in [3.8, 4) is 0 Å². The average Bonchev–Trinajstić information content (AvgIpc) is 2.32. The molecule has 102 valence electrons. The van der Waals surface area contributed by atoms with Crippen LogP contribution in [0.15, 0.2) is 18.2 Å². The first-order valence-corrected chi connectivity index (χ1v) is 6.96. The normalized spacial score (nSPS) is 11.8. The number of hydrogen-bond acceptors (Lipinski definition) is 2. The highest BCUT2D eigenvalue weighted by atomic mass is 35.5. The van der Waals surface area contributed by atoms with Crippen LogP contribution in [0.5, 0.6) is 0 Å². The predicted octanol–water partition coefficient (Wildman–Crippen LogP) is 3.88. The van der Waals surface area contributed by atoms with Crippen molar-refractivity contribution in [3.63, 3.8) is 0 Å². The zero-order chi connectivity index (χ0) is 13.6. The quantitative estimate of drug-likeness (QED) is 0.798. The summed E-state index contributed by atoms with van der Waals surface area (Å²) in [6, 6.07) is 5.67. The van der Waals surface area contributed by atoms with Crippen molar-refractivity contribution in [2.45, 2.75) is 33.2 Å². The highest BCUT2D eigenvalue weighted by Crippen LogP contribution is 2.26. The second kappa shape index (κ2) is 7.34. The van der Waals surface area contributed by atoms with Gasteiger partial charge in [0.1, 0.15) is 0 Å². The molecule has 0 fully saturated rings. The molecule has 0 amide bonds. The lowest BCUT2D eigenvalue weighted by atomic mass is 9.88. The summed E-state index contributed by atoms with van der Waals surface area (Å²) < 4.78 is 0. The standard InChI is InChI=1S/C14H21Cl2NO/c1-14(2,7-4-8-18)10-17-9-11-5-3-6-12(15)13(11)16/h3,5-6,17-18H,4,7-10H2,1-2H3. The number of aliphatic hydroxyl groups is 1. The van der Waals surface area contributed by atoms with Crippen molar-refractivity contribution in [1.29, 1.82) is 0 Å². The molecule has 0 aliphatic heterocycles. The smallest absolute Gasteiger partial charge is 0.0637 e. The summed E-state index contributed by atoms with van der Waals surface area (Å²) in [5.41, 5.74) is 1.19. The van der Waals surface area contributed by atoms with E-state index >= 15 is 0 Å². The highest BCUT2D eigenvalue weighted by molar-refractivity contribution is 6.42. The van der Waals surface area contributed by atoms with Gasteiger partial charge in [-0.25, -0.2) is 0 Å². The summed E-state index contributed by atoms with van der Waals surface area (Å²) in [6.45, 7) is 6.23. The Labute approximate surface area is 119 Å². The van der Waals surface area contributed by atoms with Crippen molar-refractivity contribution < 1.29 is 5.11 Å². The first kappa shape index (κ1) is 15.8. The van der Waals surface area contributed by atoms with Crippen molar-refractivity contribution in [2.75, 3.05) is 13.2 Å². The first-order valence-electron chi connectivity index (χ1n) is 6.21. The first-order chi connectivity index (χ1) is 8.46. The van der Waals surface area contributed by atoms with Crippen LogP contribution in [0.3, 0.4) is 0 Å². The molecule has 0 aliphatic rings. The molecular weight excluding hydrogens is 269 g/mol. The molecule has 0 unspecified atom stereocenters. The molecule has 0 saturated carbocycles. The van der Waals surface area contributed by atoms with Gasteiger partial charge in [0, 0.05) is 19.7 Å². The van der Waals surface area contributed by atoms with Crippen LogP contribution in [-0.2, 0) is 6.54 Å². The Morgan fingerprint density at radius 2 is 2.00 bits per heavy atom. The number of benzene rings is 1. The van der Waals surface area contributed by atoms with E-state index in [4.69, 9.17) is 28.3 Å². The Bertz CT molecular complexity index is 380. The van der Waals surface area contributed by atoms with E-state index in [1.54, 1.807) is 6.07 Å². The second-order valence-corrected chi connectivity index (χ2v) is 6.09. The summed E-state index contributed by atoms with van der Waals surface area (Å²) in [6.07, 6.45) is 1.84. The lowest BCUT2D eigenvalue weighted by Gasteiger charge is -2.25. The Hall–Kier alpha value is -0.280. The third kappa shape index (κ3) is 5.15. The van der Waals surface area contributed by atoms with Crippen LogP contribution in [0.25, 0.3) is 0 Å². The molecule has 0 bridgehead atoms. The lowest BCUT2D eigenvalue weighted by Crippen LogP contribution is -2.29. The van der Waals surface area contributed by atoms with Gasteiger partial charge in [-0.15, -0.1) is 0 Å². The largest absolute Gasteiger partial charge is 0.396 e. The van der Waals surface area contributed by atoms with Crippen LogP contribution in [0.1, 0.15) is 32.3 Å². The van der Waals surface area contributed by atoms with Crippen molar-refractivity contribution >= 4 is 23.2 Å². The second-order valence-electron chi connectivity index (χ2n) is 5.31. The highest BCUT2D eigenvalue weighted by Gasteiger charge is 2.16. The molecule has 1 aromatic rings. The molecule has 0 spiro atoms. The van der Waals surface area contributed by atoms with Gasteiger partial charge in [0.05, 0.1) is 10.0 Å². The van der Waals surface area contributed by atoms with Crippen LogP contribution in [0.2, 0.25) is 10.0 Å². The van der Waals surface area contributed by atoms with Crippen molar-refractivity contribution in [3.05, 3.63) is 33.8 Å². The molecule has 0 aliphatic carbocycles. The summed E-state index contributed by atoms with van der Waals surface area (Å²) in [7, 11) is 0. The summed E-state index contributed by atoms with van der Waals surface area (Å²) in [5, 5.41) is 13.5. The van der Waals surface area contributed by atoms with E-state index in [0.717, 1.165) is 24.9 Å². The molecule has 2 nitrogen and oxygen atoms in total. The lowest BCUT2D eigenvalue weighted by molar-refractivity contribution is 0.236. The average molecular weight is 290 g/mol. The van der Waals surface area contributed by atoms with Crippen molar-refractivity contribution in [2.24, 2.45) is 5.41 Å². The molecule has 0 atom stereocenters. The number of hydrogen-bond donors (Lipinski definition) is 2. The van der Waals surface area contributed by atoms with Crippen LogP contribution in [0, 0.1) is 5.41 Å². The maximum Gasteiger partial charge on any atom is 0.0637 e. The van der Waals surface area contributed by atoms with E-state index in [0.29, 0.717) is 16.6 Å². The van der Waals surface area contributed by atoms with E-state index in [1.165, 1.54) is 0 Å². The third-order valence-corrected chi connectivity index (χ3v) is 3.82. The molecule has 0 aromatic heterocycles. The number of nitrogens with one attached hydrogen (secondary N) is 1. The number of aliphatic hydroxyl groups excluding tert-OH is 1. The molecular formula is C14H21Cl2NO. The molecule has 1 aromatic carbocycles. The van der Waals surface area contributed by atoms with E-state index < -0.39 is 0 Å². The number of rotatable bonds is 7.